The van der Waals surface area contributed by atoms with E-state index in [2.05, 4.69) is 22.8 Å². The largest absolute Gasteiger partial charge is 0.328 e. The molecule has 1 aromatic heterocycles. The summed E-state index contributed by atoms with van der Waals surface area (Å²) < 4.78 is 0. The van der Waals surface area contributed by atoms with E-state index in [4.69, 9.17) is 5.73 Å². The summed E-state index contributed by atoms with van der Waals surface area (Å²) in [6.45, 7) is 0. The fourth-order valence-electron chi connectivity index (χ4n) is 2.06. The van der Waals surface area contributed by atoms with E-state index in [0.29, 0.717) is 12.1 Å². The molecule has 2 rings (SSSR count). The van der Waals surface area contributed by atoms with Crippen LogP contribution < -0.4 is 11.1 Å². The number of nitrogens with one attached hydrogen (secondary N) is 1. The van der Waals surface area contributed by atoms with Gasteiger partial charge in [-0.25, -0.2) is 0 Å². The number of hydrogen-bond donors (Lipinski definition) is 2. The van der Waals surface area contributed by atoms with Gasteiger partial charge in [0.05, 0.1) is 0 Å². The maximum Gasteiger partial charge on any atom is 0.0442 e. The molecule has 72 valence electrons. The average molecular weight is 196 g/mol. The van der Waals surface area contributed by atoms with Gasteiger partial charge >= 0.3 is 0 Å². The van der Waals surface area contributed by atoms with Gasteiger partial charge in [0.25, 0.3) is 0 Å². The zero-order chi connectivity index (χ0) is 9.26. The Hall–Kier alpha value is -0.380. The van der Waals surface area contributed by atoms with Crippen LogP contribution >= 0.6 is 11.3 Å². The van der Waals surface area contributed by atoms with Gasteiger partial charge in [-0.1, -0.05) is 6.07 Å². The minimum Gasteiger partial charge on any atom is -0.328 e. The van der Waals surface area contributed by atoms with Crippen molar-refractivity contribution in [3.8, 4) is 0 Å². The second kappa shape index (κ2) is 3.78. The van der Waals surface area contributed by atoms with Gasteiger partial charge < -0.3 is 11.1 Å². The van der Waals surface area contributed by atoms with Crippen LogP contribution in [0.25, 0.3) is 0 Å². The molecule has 1 aliphatic rings. The second-order valence-corrected chi connectivity index (χ2v) is 4.75. The van der Waals surface area contributed by atoms with Gasteiger partial charge in [-0.15, -0.1) is 11.3 Å². The topological polar surface area (TPSA) is 38.0 Å². The summed E-state index contributed by atoms with van der Waals surface area (Å²) >= 11 is 1.83. The van der Waals surface area contributed by atoms with Crippen molar-refractivity contribution in [1.82, 2.24) is 5.32 Å². The Balaban J connectivity index is 2.02. The van der Waals surface area contributed by atoms with E-state index in [1.54, 1.807) is 0 Å². The van der Waals surface area contributed by atoms with E-state index in [0.717, 1.165) is 5.92 Å². The van der Waals surface area contributed by atoms with Crippen LogP contribution in [0, 0.1) is 5.92 Å². The lowest BCUT2D eigenvalue weighted by Crippen LogP contribution is -2.42. The van der Waals surface area contributed by atoms with Crippen molar-refractivity contribution >= 4 is 11.3 Å². The minimum atomic E-state index is 0.445. The molecule has 1 saturated carbocycles. The number of rotatable bonds is 3. The lowest BCUT2D eigenvalue weighted by Gasteiger charge is -2.38. The third kappa shape index (κ3) is 1.77. The standard InChI is InChI=1S/C10H16N2S/c1-12-10(7-5-8(11)6-7)9-3-2-4-13-9/h2-4,7-8,10,12H,5-6,11H2,1H3. The minimum absolute atomic E-state index is 0.445. The summed E-state index contributed by atoms with van der Waals surface area (Å²) in [5, 5.41) is 5.52. The summed E-state index contributed by atoms with van der Waals surface area (Å²) in [4.78, 5) is 1.44. The van der Waals surface area contributed by atoms with Gasteiger partial charge in [0, 0.05) is 17.0 Å². The molecule has 0 amide bonds. The van der Waals surface area contributed by atoms with E-state index in [-0.39, 0.29) is 0 Å². The Labute approximate surface area is 83.1 Å². The molecule has 1 atom stereocenters. The van der Waals surface area contributed by atoms with Crippen molar-refractivity contribution in [3.05, 3.63) is 22.4 Å². The zero-order valence-corrected chi connectivity index (χ0v) is 8.68. The predicted molar refractivity (Wildman–Crippen MR) is 56.8 cm³/mol. The van der Waals surface area contributed by atoms with E-state index in [1.807, 2.05) is 18.4 Å². The van der Waals surface area contributed by atoms with Crippen LogP contribution in [-0.4, -0.2) is 13.1 Å². The summed E-state index contributed by atoms with van der Waals surface area (Å²) in [6, 6.07) is 5.29. The lowest BCUT2D eigenvalue weighted by molar-refractivity contribution is 0.206. The summed E-state index contributed by atoms with van der Waals surface area (Å²) in [7, 11) is 2.04. The highest BCUT2D eigenvalue weighted by molar-refractivity contribution is 7.10. The van der Waals surface area contributed by atoms with Crippen LogP contribution in [0.2, 0.25) is 0 Å². The summed E-state index contributed by atoms with van der Waals surface area (Å²) in [6.07, 6.45) is 2.34. The second-order valence-electron chi connectivity index (χ2n) is 3.77. The Kier molecular flexibility index (Phi) is 2.67. The van der Waals surface area contributed by atoms with Crippen LogP contribution in [0.15, 0.2) is 17.5 Å². The molecule has 0 saturated heterocycles. The molecule has 1 aliphatic carbocycles. The van der Waals surface area contributed by atoms with E-state index < -0.39 is 0 Å². The molecule has 1 fully saturated rings. The molecule has 3 heteroatoms. The molecule has 13 heavy (non-hydrogen) atoms. The molecule has 1 heterocycles. The van der Waals surface area contributed by atoms with E-state index >= 15 is 0 Å². The van der Waals surface area contributed by atoms with Crippen LogP contribution in [0.5, 0.6) is 0 Å². The van der Waals surface area contributed by atoms with Crippen molar-refractivity contribution in [2.45, 2.75) is 24.9 Å². The zero-order valence-electron chi connectivity index (χ0n) is 7.86. The smallest absolute Gasteiger partial charge is 0.0442 e. The number of hydrogen-bond acceptors (Lipinski definition) is 3. The first kappa shape index (κ1) is 9.19. The normalized spacial score (nSPS) is 29.7. The van der Waals surface area contributed by atoms with Gasteiger partial charge in [-0.3, -0.25) is 0 Å². The first-order valence-electron chi connectivity index (χ1n) is 4.77. The SMILES string of the molecule is CNC(c1cccs1)C1CC(N)C1. The first-order chi connectivity index (χ1) is 6.31. The van der Waals surface area contributed by atoms with Crippen LogP contribution in [0.4, 0.5) is 0 Å². The van der Waals surface area contributed by atoms with Crippen molar-refractivity contribution in [1.29, 1.82) is 0 Å². The Morgan fingerprint density at radius 1 is 1.62 bits per heavy atom. The first-order valence-corrected chi connectivity index (χ1v) is 5.65. The third-order valence-electron chi connectivity index (χ3n) is 2.84. The van der Waals surface area contributed by atoms with Gasteiger partial charge in [0.2, 0.25) is 0 Å². The molecule has 3 N–H and O–H groups in total. The lowest BCUT2D eigenvalue weighted by atomic mass is 9.75. The molecular formula is C10H16N2S. The predicted octanol–water partition coefficient (Wildman–Crippen LogP) is 1.75. The molecule has 0 aliphatic heterocycles. The fourth-order valence-corrected chi connectivity index (χ4v) is 2.99. The van der Waals surface area contributed by atoms with Crippen LogP contribution in [0.1, 0.15) is 23.8 Å². The molecule has 0 spiro atoms. The van der Waals surface area contributed by atoms with Crippen molar-refractivity contribution in [2.24, 2.45) is 11.7 Å². The Morgan fingerprint density at radius 2 is 2.38 bits per heavy atom. The monoisotopic (exact) mass is 196 g/mol. The van der Waals surface area contributed by atoms with Crippen molar-refractivity contribution < 1.29 is 0 Å². The summed E-state index contributed by atoms with van der Waals surface area (Å²) in [5.74, 6) is 0.749. The highest BCUT2D eigenvalue weighted by Crippen LogP contribution is 2.38. The van der Waals surface area contributed by atoms with Gasteiger partial charge in [0.1, 0.15) is 0 Å². The van der Waals surface area contributed by atoms with E-state index in [9.17, 15) is 0 Å². The maximum absolute atomic E-state index is 5.79. The molecule has 0 radical (unpaired) electrons. The number of nitrogens with two attached hydrogens (primary N) is 1. The maximum atomic E-state index is 5.79. The van der Waals surface area contributed by atoms with Crippen molar-refractivity contribution in [2.75, 3.05) is 7.05 Å². The van der Waals surface area contributed by atoms with Gasteiger partial charge in [0.15, 0.2) is 0 Å². The third-order valence-corrected chi connectivity index (χ3v) is 3.80. The molecule has 1 aromatic rings. The highest BCUT2D eigenvalue weighted by atomic mass is 32.1. The molecular weight excluding hydrogens is 180 g/mol. The van der Waals surface area contributed by atoms with Crippen LogP contribution in [0.3, 0.4) is 0 Å². The quantitative estimate of drug-likeness (QED) is 0.773. The Bertz CT molecular complexity index is 252. The summed E-state index contributed by atoms with van der Waals surface area (Å²) in [5.41, 5.74) is 5.79. The van der Waals surface area contributed by atoms with Gasteiger partial charge in [-0.05, 0) is 37.3 Å². The molecule has 0 bridgehead atoms. The van der Waals surface area contributed by atoms with E-state index in [1.165, 1.54) is 17.7 Å². The molecule has 1 unspecified atom stereocenters. The van der Waals surface area contributed by atoms with Gasteiger partial charge in [-0.2, -0.15) is 0 Å². The van der Waals surface area contributed by atoms with Crippen LogP contribution in [-0.2, 0) is 0 Å². The molecule has 0 aromatic carbocycles. The highest BCUT2D eigenvalue weighted by Gasteiger charge is 2.33. The van der Waals surface area contributed by atoms with Crippen molar-refractivity contribution in [3.63, 3.8) is 0 Å². The molecule has 2 nitrogen and oxygen atoms in total. The fraction of sp³-hybridized carbons (Fsp3) is 0.600. The number of thiophene rings is 1. The average Bonchev–Trinajstić information content (AvgIpc) is 2.55. The Morgan fingerprint density at radius 3 is 2.85 bits per heavy atom.